The van der Waals surface area contributed by atoms with E-state index in [1.54, 1.807) is 0 Å². The van der Waals surface area contributed by atoms with Gasteiger partial charge in [0.05, 0.1) is 6.61 Å². The van der Waals surface area contributed by atoms with E-state index in [2.05, 4.69) is 51.8 Å². The van der Waals surface area contributed by atoms with E-state index in [9.17, 15) is 0 Å². The zero-order valence-corrected chi connectivity index (χ0v) is 13.8. The summed E-state index contributed by atoms with van der Waals surface area (Å²) in [5.41, 5.74) is 0.315. The predicted molar refractivity (Wildman–Crippen MR) is 82.6 cm³/mol. The Morgan fingerprint density at radius 1 is 1.32 bits per heavy atom. The van der Waals surface area contributed by atoms with Gasteiger partial charge in [-0.1, -0.05) is 34.6 Å². The fraction of sp³-hybridized carbons (Fsp3) is 1.00. The van der Waals surface area contributed by atoms with Crippen molar-refractivity contribution in [2.45, 2.75) is 60.0 Å². The lowest BCUT2D eigenvalue weighted by Crippen LogP contribution is -2.51. The number of nitrogens with zero attached hydrogens (tertiary/aromatic N) is 1. The fourth-order valence-corrected chi connectivity index (χ4v) is 2.79. The average Bonchev–Trinajstić information content (AvgIpc) is 2.54. The Bertz CT molecular complexity index is 248. The highest BCUT2D eigenvalue weighted by atomic mass is 16.5. The van der Waals surface area contributed by atoms with Crippen LogP contribution in [0.2, 0.25) is 0 Å². The molecule has 114 valence electrons. The molecule has 0 spiro atoms. The summed E-state index contributed by atoms with van der Waals surface area (Å²) in [7, 11) is 0. The predicted octanol–water partition coefficient (Wildman–Crippen LogP) is 2.76. The topological polar surface area (TPSA) is 24.5 Å². The van der Waals surface area contributed by atoms with Gasteiger partial charge in [-0.05, 0) is 37.8 Å². The Morgan fingerprint density at radius 3 is 2.53 bits per heavy atom. The highest BCUT2D eigenvalue weighted by molar-refractivity contribution is 4.88. The lowest BCUT2D eigenvalue weighted by atomic mass is 9.86. The van der Waals surface area contributed by atoms with E-state index in [1.807, 2.05) is 0 Å². The van der Waals surface area contributed by atoms with Crippen molar-refractivity contribution in [2.24, 2.45) is 11.3 Å². The van der Waals surface area contributed by atoms with Gasteiger partial charge in [0.2, 0.25) is 0 Å². The first-order chi connectivity index (χ1) is 8.86. The SMILES string of the molecule is CCOCC(C(C)C)N1CCCNC(C(C)(C)C)C1. The monoisotopic (exact) mass is 270 g/mol. The molecule has 0 aliphatic carbocycles. The zero-order valence-electron chi connectivity index (χ0n) is 13.8. The van der Waals surface area contributed by atoms with Crippen molar-refractivity contribution >= 4 is 0 Å². The summed E-state index contributed by atoms with van der Waals surface area (Å²) in [5, 5.41) is 3.72. The second-order valence-corrected chi connectivity index (χ2v) is 7.19. The summed E-state index contributed by atoms with van der Waals surface area (Å²) in [5.74, 6) is 0.644. The smallest absolute Gasteiger partial charge is 0.0624 e. The van der Waals surface area contributed by atoms with E-state index in [-0.39, 0.29) is 0 Å². The Hall–Kier alpha value is -0.120. The van der Waals surface area contributed by atoms with Crippen LogP contribution in [0.15, 0.2) is 0 Å². The highest BCUT2D eigenvalue weighted by Gasteiger charge is 2.31. The lowest BCUT2D eigenvalue weighted by Gasteiger charge is -2.38. The first-order valence-electron chi connectivity index (χ1n) is 7.91. The van der Waals surface area contributed by atoms with Crippen LogP contribution in [0.5, 0.6) is 0 Å². The van der Waals surface area contributed by atoms with E-state index < -0.39 is 0 Å². The van der Waals surface area contributed by atoms with Crippen LogP contribution in [-0.2, 0) is 4.74 Å². The van der Waals surface area contributed by atoms with Gasteiger partial charge in [-0.25, -0.2) is 0 Å². The first kappa shape index (κ1) is 16.9. The Morgan fingerprint density at radius 2 is 2.00 bits per heavy atom. The lowest BCUT2D eigenvalue weighted by molar-refractivity contribution is 0.0370. The van der Waals surface area contributed by atoms with Gasteiger partial charge in [0, 0.05) is 25.2 Å². The first-order valence-corrected chi connectivity index (χ1v) is 7.91. The normalized spacial score (nSPS) is 24.5. The number of nitrogens with one attached hydrogen (secondary N) is 1. The van der Waals surface area contributed by atoms with Crippen LogP contribution in [0.25, 0.3) is 0 Å². The van der Waals surface area contributed by atoms with Crippen LogP contribution in [0, 0.1) is 11.3 Å². The molecule has 2 unspecified atom stereocenters. The van der Waals surface area contributed by atoms with Gasteiger partial charge in [-0.2, -0.15) is 0 Å². The van der Waals surface area contributed by atoms with Gasteiger partial charge in [-0.3, -0.25) is 4.90 Å². The molecule has 1 fully saturated rings. The average molecular weight is 270 g/mol. The van der Waals surface area contributed by atoms with Crippen LogP contribution in [-0.4, -0.2) is 49.8 Å². The molecule has 1 aliphatic rings. The van der Waals surface area contributed by atoms with Gasteiger partial charge in [0.1, 0.15) is 0 Å². The minimum atomic E-state index is 0.315. The van der Waals surface area contributed by atoms with E-state index in [4.69, 9.17) is 4.74 Å². The number of rotatable bonds is 5. The minimum Gasteiger partial charge on any atom is -0.380 e. The van der Waals surface area contributed by atoms with Crippen molar-refractivity contribution < 1.29 is 4.74 Å². The molecule has 1 rings (SSSR count). The Kier molecular flexibility index (Phi) is 6.78. The van der Waals surface area contributed by atoms with E-state index in [0.717, 1.165) is 26.3 Å². The van der Waals surface area contributed by atoms with Crippen molar-refractivity contribution in [1.82, 2.24) is 10.2 Å². The molecule has 1 N–H and O–H groups in total. The molecule has 3 nitrogen and oxygen atoms in total. The molecule has 2 atom stereocenters. The summed E-state index contributed by atoms with van der Waals surface area (Å²) < 4.78 is 5.71. The summed E-state index contributed by atoms with van der Waals surface area (Å²) in [6, 6.07) is 1.11. The largest absolute Gasteiger partial charge is 0.380 e. The maximum absolute atomic E-state index is 5.71. The van der Waals surface area contributed by atoms with Crippen LogP contribution < -0.4 is 5.32 Å². The quantitative estimate of drug-likeness (QED) is 0.831. The Labute approximate surface area is 120 Å². The van der Waals surface area contributed by atoms with Gasteiger partial charge in [0.15, 0.2) is 0 Å². The molecule has 0 saturated carbocycles. The zero-order chi connectivity index (χ0) is 14.5. The van der Waals surface area contributed by atoms with Gasteiger partial charge in [0.25, 0.3) is 0 Å². The van der Waals surface area contributed by atoms with Crippen LogP contribution >= 0.6 is 0 Å². The third-order valence-corrected chi connectivity index (χ3v) is 4.21. The summed E-state index contributed by atoms with van der Waals surface area (Å²) in [6.45, 7) is 18.9. The fourth-order valence-electron chi connectivity index (χ4n) is 2.79. The summed E-state index contributed by atoms with van der Waals surface area (Å²) >= 11 is 0. The van der Waals surface area contributed by atoms with E-state index in [0.29, 0.717) is 23.4 Å². The standard InChI is InChI=1S/C16H34N2O/c1-7-19-12-14(13(2)3)18-10-8-9-17-15(11-18)16(4,5)6/h13-15,17H,7-12H2,1-6H3. The highest BCUT2D eigenvalue weighted by Crippen LogP contribution is 2.24. The van der Waals surface area contributed by atoms with Crippen LogP contribution in [0.3, 0.4) is 0 Å². The summed E-state index contributed by atoms with van der Waals surface area (Å²) in [6.07, 6.45) is 1.24. The van der Waals surface area contributed by atoms with Crippen molar-refractivity contribution in [1.29, 1.82) is 0 Å². The molecular weight excluding hydrogens is 236 g/mol. The molecule has 1 heterocycles. The third-order valence-electron chi connectivity index (χ3n) is 4.21. The molecule has 1 aliphatic heterocycles. The van der Waals surface area contributed by atoms with Gasteiger partial charge in [-0.15, -0.1) is 0 Å². The maximum Gasteiger partial charge on any atom is 0.0624 e. The Balaban J connectivity index is 2.71. The molecule has 0 aromatic rings. The number of hydrogen-bond donors (Lipinski definition) is 1. The van der Waals surface area contributed by atoms with Gasteiger partial charge < -0.3 is 10.1 Å². The van der Waals surface area contributed by atoms with Crippen LogP contribution in [0.4, 0.5) is 0 Å². The molecule has 19 heavy (non-hydrogen) atoms. The summed E-state index contributed by atoms with van der Waals surface area (Å²) in [4.78, 5) is 2.65. The molecular formula is C16H34N2O. The van der Waals surface area contributed by atoms with Crippen molar-refractivity contribution in [3.8, 4) is 0 Å². The second-order valence-electron chi connectivity index (χ2n) is 7.19. The van der Waals surface area contributed by atoms with Crippen molar-refractivity contribution in [3.05, 3.63) is 0 Å². The minimum absolute atomic E-state index is 0.315. The molecule has 0 aromatic carbocycles. The van der Waals surface area contributed by atoms with Gasteiger partial charge >= 0.3 is 0 Å². The second kappa shape index (κ2) is 7.61. The maximum atomic E-state index is 5.71. The molecule has 3 heteroatoms. The van der Waals surface area contributed by atoms with Crippen LogP contribution in [0.1, 0.15) is 48.0 Å². The third kappa shape index (κ3) is 5.41. The van der Waals surface area contributed by atoms with Crippen molar-refractivity contribution in [2.75, 3.05) is 32.8 Å². The number of ether oxygens (including phenoxy) is 1. The molecule has 1 saturated heterocycles. The molecule has 0 amide bonds. The van der Waals surface area contributed by atoms with Crippen molar-refractivity contribution in [3.63, 3.8) is 0 Å². The molecule has 0 bridgehead atoms. The number of hydrogen-bond acceptors (Lipinski definition) is 3. The van der Waals surface area contributed by atoms with E-state index >= 15 is 0 Å². The molecule has 0 aromatic heterocycles. The molecule has 0 radical (unpaired) electrons. The van der Waals surface area contributed by atoms with E-state index in [1.165, 1.54) is 13.0 Å².